The number of nitrogens with two attached hydrogens (primary N) is 1. The average molecular weight is 318 g/mol. The molecule has 0 saturated heterocycles. The summed E-state index contributed by atoms with van der Waals surface area (Å²) >= 11 is 3.40. The van der Waals surface area contributed by atoms with Gasteiger partial charge in [-0.25, -0.2) is 4.39 Å². The highest BCUT2D eigenvalue weighted by molar-refractivity contribution is 9.10. The molecule has 4 nitrogen and oxygen atoms in total. The van der Waals surface area contributed by atoms with Gasteiger partial charge in [-0.2, -0.15) is 0 Å². The number of hydrogen-bond donors (Lipinski definition) is 2. The van der Waals surface area contributed by atoms with Gasteiger partial charge in [-0.15, -0.1) is 0 Å². The number of aliphatic imine (C=N–C) groups is 1. The van der Waals surface area contributed by atoms with Gasteiger partial charge < -0.3 is 15.8 Å². The second-order valence-corrected chi connectivity index (χ2v) is 4.45. The van der Waals surface area contributed by atoms with E-state index in [1.165, 1.54) is 6.34 Å². The predicted octanol–water partition coefficient (Wildman–Crippen LogP) is 2.04. The molecule has 0 aliphatic rings. The van der Waals surface area contributed by atoms with Gasteiger partial charge in [0.15, 0.2) is 0 Å². The molecule has 100 valence electrons. The van der Waals surface area contributed by atoms with E-state index in [4.69, 9.17) is 10.5 Å². The third-order valence-corrected chi connectivity index (χ3v) is 2.96. The minimum absolute atomic E-state index is 0.0495. The van der Waals surface area contributed by atoms with Gasteiger partial charge in [0.2, 0.25) is 0 Å². The summed E-state index contributed by atoms with van der Waals surface area (Å²) in [5.41, 5.74) is 6.34. The normalized spacial score (nSPS) is 12.8. The number of halogens is 2. The molecule has 6 heteroatoms. The topological polar surface area (TPSA) is 59.6 Å². The van der Waals surface area contributed by atoms with Crippen LogP contribution in [0.25, 0.3) is 0 Å². The monoisotopic (exact) mass is 317 g/mol. The number of alkyl halides is 1. The zero-order chi connectivity index (χ0) is 13.4. The highest BCUT2D eigenvalue weighted by atomic mass is 79.9. The maximum atomic E-state index is 12.0. The van der Waals surface area contributed by atoms with Gasteiger partial charge in [0.05, 0.1) is 16.9 Å². The third-order valence-electron chi connectivity index (χ3n) is 2.34. The molecule has 0 heterocycles. The standard InChI is InChI=1S/C12H17BrFN3O/c1-16-7-11(17-8-15)9-2-3-12(10(13)6-9)18-5-4-14/h2-3,6,8,11,16H,4-5,7H2,1H3,(H2,15,17). The number of nitrogens with zero attached hydrogens (tertiary/aromatic N) is 1. The Hall–Kier alpha value is -1.14. The molecule has 1 aromatic rings. The maximum absolute atomic E-state index is 12.0. The summed E-state index contributed by atoms with van der Waals surface area (Å²) in [6.45, 7) is 0.234. The molecule has 0 bridgehead atoms. The van der Waals surface area contributed by atoms with E-state index in [0.29, 0.717) is 12.3 Å². The van der Waals surface area contributed by atoms with E-state index >= 15 is 0 Å². The molecule has 18 heavy (non-hydrogen) atoms. The van der Waals surface area contributed by atoms with Crippen molar-refractivity contribution in [3.8, 4) is 5.75 Å². The Morgan fingerprint density at radius 3 is 2.94 bits per heavy atom. The van der Waals surface area contributed by atoms with Crippen molar-refractivity contribution in [1.82, 2.24) is 5.32 Å². The third kappa shape index (κ3) is 4.27. The molecule has 1 unspecified atom stereocenters. The fourth-order valence-corrected chi connectivity index (χ4v) is 2.05. The lowest BCUT2D eigenvalue weighted by Gasteiger charge is -2.14. The van der Waals surface area contributed by atoms with Gasteiger partial charge in [0, 0.05) is 6.54 Å². The van der Waals surface area contributed by atoms with Crippen LogP contribution < -0.4 is 15.8 Å². The van der Waals surface area contributed by atoms with Gasteiger partial charge in [-0.05, 0) is 40.7 Å². The highest BCUT2D eigenvalue weighted by Crippen LogP contribution is 2.29. The number of ether oxygens (including phenoxy) is 1. The Morgan fingerprint density at radius 1 is 1.61 bits per heavy atom. The van der Waals surface area contributed by atoms with Gasteiger partial charge in [-0.1, -0.05) is 6.07 Å². The van der Waals surface area contributed by atoms with E-state index in [1.54, 1.807) is 6.07 Å². The maximum Gasteiger partial charge on any atom is 0.133 e. The van der Waals surface area contributed by atoms with E-state index in [1.807, 2.05) is 19.2 Å². The molecule has 0 radical (unpaired) electrons. The minimum Gasteiger partial charge on any atom is -0.490 e. The van der Waals surface area contributed by atoms with E-state index in [0.717, 1.165) is 10.0 Å². The minimum atomic E-state index is -0.506. The van der Waals surface area contributed by atoms with E-state index in [9.17, 15) is 4.39 Å². The molecule has 0 amide bonds. The summed E-state index contributed by atoms with van der Waals surface area (Å²) < 4.78 is 18.1. The van der Waals surface area contributed by atoms with Crippen molar-refractivity contribution < 1.29 is 9.13 Å². The Morgan fingerprint density at radius 2 is 2.39 bits per heavy atom. The Kier molecular flexibility index (Phi) is 6.67. The number of likely N-dealkylation sites (N-methyl/N-ethyl adjacent to an activating group) is 1. The first-order valence-corrected chi connectivity index (χ1v) is 6.38. The Balaban J connectivity index is 2.86. The number of benzene rings is 1. The van der Waals surface area contributed by atoms with E-state index < -0.39 is 6.67 Å². The zero-order valence-corrected chi connectivity index (χ0v) is 11.8. The fraction of sp³-hybridized carbons (Fsp3) is 0.417. The molecule has 0 saturated carbocycles. The number of rotatable bonds is 7. The summed E-state index contributed by atoms with van der Waals surface area (Å²) in [6, 6.07) is 5.55. The first-order valence-electron chi connectivity index (χ1n) is 5.59. The molecule has 0 spiro atoms. The lowest BCUT2D eigenvalue weighted by Crippen LogP contribution is -2.16. The highest BCUT2D eigenvalue weighted by Gasteiger charge is 2.11. The van der Waals surface area contributed by atoms with Crippen LogP contribution in [-0.2, 0) is 0 Å². The lowest BCUT2D eigenvalue weighted by molar-refractivity contribution is 0.272. The van der Waals surface area contributed by atoms with Crippen molar-refractivity contribution in [3.63, 3.8) is 0 Å². The molecule has 1 rings (SSSR count). The fourth-order valence-electron chi connectivity index (χ4n) is 1.54. The molecular formula is C12H17BrFN3O. The van der Waals surface area contributed by atoms with Crippen LogP contribution in [0.3, 0.4) is 0 Å². The molecule has 0 aliphatic heterocycles. The van der Waals surface area contributed by atoms with Crippen molar-refractivity contribution in [2.24, 2.45) is 10.7 Å². The van der Waals surface area contributed by atoms with Crippen molar-refractivity contribution in [3.05, 3.63) is 28.2 Å². The second-order valence-electron chi connectivity index (χ2n) is 3.60. The van der Waals surface area contributed by atoms with Crippen LogP contribution in [0.15, 0.2) is 27.7 Å². The molecular weight excluding hydrogens is 301 g/mol. The van der Waals surface area contributed by atoms with Crippen LogP contribution in [0.4, 0.5) is 4.39 Å². The first-order chi connectivity index (χ1) is 8.72. The van der Waals surface area contributed by atoms with Crippen molar-refractivity contribution in [2.75, 3.05) is 26.9 Å². The summed E-state index contributed by atoms with van der Waals surface area (Å²) in [6.07, 6.45) is 1.30. The van der Waals surface area contributed by atoms with E-state index in [-0.39, 0.29) is 12.6 Å². The van der Waals surface area contributed by atoms with Crippen LogP contribution in [0.5, 0.6) is 5.75 Å². The van der Waals surface area contributed by atoms with Crippen molar-refractivity contribution in [1.29, 1.82) is 0 Å². The van der Waals surface area contributed by atoms with Crippen molar-refractivity contribution in [2.45, 2.75) is 6.04 Å². The Labute approximate surface area is 115 Å². The Bertz CT molecular complexity index is 401. The summed E-state index contributed by atoms with van der Waals surface area (Å²) in [7, 11) is 1.85. The largest absolute Gasteiger partial charge is 0.490 e. The zero-order valence-electron chi connectivity index (χ0n) is 10.2. The quantitative estimate of drug-likeness (QED) is 0.597. The van der Waals surface area contributed by atoms with Gasteiger partial charge in [-0.3, -0.25) is 4.99 Å². The molecule has 1 atom stereocenters. The summed E-state index contributed by atoms with van der Waals surface area (Å²) in [5.74, 6) is 0.622. The second kappa shape index (κ2) is 8.05. The number of hydrogen-bond acceptors (Lipinski definition) is 3. The molecule has 0 aliphatic carbocycles. The molecule has 0 aromatic heterocycles. The van der Waals surface area contributed by atoms with Crippen LogP contribution in [0.1, 0.15) is 11.6 Å². The number of nitrogens with one attached hydrogen (secondary N) is 1. The summed E-state index contributed by atoms with van der Waals surface area (Å²) in [5, 5.41) is 3.05. The van der Waals surface area contributed by atoms with Crippen LogP contribution in [-0.4, -0.2) is 33.2 Å². The smallest absolute Gasteiger partial charge is 0.133 e. The van der Waals surface area contributed by atoms with Crippen LogP contribution in [0.2, 0.25) is 0 Å². The molecule has 1 aromatic carbocycles. The molecule has 0 fully saturated rings. The van der Waals surface area contributed by atoms with E-state index in [2.05, 4.69) is 26.2 Å². The lowest BCUT2D eigenvalue weighted by atomic mass is 10.1. The van der Waals surface area contributed by atoms with Gasteiger partial charge in [0.25, 0.3) is 0 Å². The molecule has 3 N–H and O–H groups in total. The van der Waals surface area contributed by atoms with Crippen molar-refractivity contribution >= 4 is 22.3 Å². The SMILES string of the molecule is CNCC(N=CN)c1ccc(OCCF)c(Br)c1. The van der Waals surface area contributed by atoms with Crippen LogP contribution >= 0.6 is 15.9 Å². The summed E-state index contributed by atoms with van der Waals surface area (Å²) in [4.78, 5) is 4.19. The predicted molar refractivity (Wildman–Crippen MR) is 75.0 cm³/mol. The van der Waals surface area contributed by atoms with Crippen LogP contribution in [0, 0.1) is 0 Å². The van der Waals surface area contributed by atoms with Gasteiger partial charge >= 0.3 is 0 Å². The van der Waals surface area contributed by atoms with Gasteiger partial charge in [0.1, 0.15) is 19.0 Å². The first kappa shape index (κ1) is 14.9. The average Bonchev–Trinajstić information content (AvgIpc) is 2.37.